The number of β-amino-alcohol motifs (C(OH)–C–C–N with tert-alkyl or cyclic N) is 1. The summed E-state index contributed by atoms with van der Waals surface area (Å²) in [5.41, 5.74) is 0.638. The third-order valence-corrected chi connectivity index (χ3v) is 3.91. The second-order valence-corrected chi connectivity index (χ2v) is 5.60. The van der Waals surface area contributed by atoms with Gasteiger partial charge in [0.1, 0.15) is 0 Å². The zero-order chi connectivity index (χ0) is 14.5. The summed E-state index contributed by atoms with van der Waals surface area (Å²) in [4.78, 5) is 16.4. The fourth-order valence-electron chi connectivity index (χ4n) is 2.36. The van der Waals surface area contributed by atoms with Crippen molar-refractivity contribution < 1.29 is 9.90 Å². The minimum atomic E-state index is -0.273. The molecule has 0 saturated carbocycles. The maximum Gasteiger partial charge on any atom is 0.253 e. The number of hydrogen-bond acceptors (Lipinski definition) is 3. The first kappa shape index (κ1) is 15.3. The molecule has 1 aromatic rings. The summed E-state index contributed by atoms with van der Waals surface area (Å²) >= 11 is 5.92. The highest BCUT2D eigenvalue weighted by Gasteiger charge is 2.23. The number of carbonyl (C=O) groups excluding carboxylic acids is 1. The molecule has 1 aliphatic rings. The van der Waals surface area contributed by atoms with E-state index in [0.29, 0.717) is 30.2 Å². The molecule has 0 aromatic heterocycles. The van der Waals surface area contributed by atoms with Gasteiger partial charge in [0, 0.05) is 43.3 Å². The normalized spacial score (nSPS) is 18.1. The Morgan fingerprint density at radius 3 is 2.65 bits per heavy atom. The molecule has 0 radical (unpaired) electrons. The second kappa shape index (κ2) is 7.07. The SMILES string of the molecule is CC[C@H](O)CN1CCN(C(=O)c2cccc(Cl)c2)CC1. The van der Waals surface area contributed by atoms with Crippen LogP contribution in [0.15, 0.2) is 24.3 Å². The Kier molecular flexibility index (Phi) is 5.40. The lowest BCUT2D eigenvalue weighted by Crippen LogP contribution is -2.50. The van der Waals surface area contributed by atoms with Crippen LogP contribution in [0.2, 0.25) is 5.02 Å². The Hall–Kier alpha value is -1.10. The van der Waals surface area contributed by atoms with Gasteiger partial charge in [-0.25, -0.2) is 0 Å². The van der Waals surface area contributed by atoms with E-state index in [1.165, 1.54) is 0 Å². The monoisotopic (exact) mass is 296 g/mol. The van der Waals surface area contributed by atoms with E-state index in [2.05, 4.69) is 4.90 Å². The first-order valence-electron chi connectivity index (χ1n) is 7.05. The molecule has 1 heterocycles. The Morgan fingerprint density at radius 1 is 1.35 bits per heavy atom. The molecule has 4 nitrogen and oxygen atoms in total. The molecular weight excluding hydrogens is 276 g/mol. The first-order valence-corrected chi connectivity index (χ1v) is 7.43. The van der Waals surface area contributed by atoms with Crippen LogP contribution in [0.5, 0.6) is 0 Å². The van der Waals surface area contributed by atoms with E-state index in [1.807, 2.05) is 11.8 Å². The molecule has 2 rings (SSSR count). The van der Waals surface area contributed by atoms with Crippen molar-refractivity contribution in [2.45, 2.75) is 19.4 Å². The number of benzene rings is 1. The number of aliphatic hydroxyl groups is 1. The lowest BCUT2D eigenvalue weighted by atomic mass is 10.1. The van der Waals surface area contributed by atoms with Gasteiger partial charge >= 0.3 is 0 Å². The van der Waals surface area contributed by atoms with Gasteiger partial charge in [-0.05, 0) is 24.6 Å². The van der Waals surface area contributed by atoms with Gasteiger partial charge < -0.3 is 10.0 Å². The molecule has 1 aliphatic heterocycles. The molecule has 1 N–H and O–H groups in total. The number of halogens is 1. The summed E-state index contributed by atoms with van der Waals surface area (Å²) < 4.78 is 0. The number of amides is 1. The quantitative estimate of drug-likeness (QED) is 0.922. The Bertz CT molecular complexity index is 459. The van der Waals surface area contributed by atoms with E-state index in [9.17, 15) is 9.90 Å². The van der Waals surface area contributed by atoms with Gasteiger partial charge in [0.15, 0.2) is 0 Å². The average Bonchev–Trinajstić information content (AvgIpc) is 2.47. The summed E-state index contributed by atoms with van der Waals surface area (Å²) in [6.45, 7) is 5.68. The molecule has 0 spiro atoms. The van der Waals surface area contributed by atoms with Gasteiger partial charge in [-0.1, -0.05) is 24.6 Å². The highest BCUT2D eigenvalue weighted by molar-refractivity contribution is 6.30. The van der Waals surface area contributed by atoms with Crippen LogP contribution in [0.1, 0.15) is 23.7 Å². The number of carbonyl (C=O) groups is 1. The highest BCUT2D eigenvalue weighted by Crippen LogP contribution is 2.14. The largest absolute Gasteiger partial charge is 0.392 e. The van der Waals surface area contributed by atoms with Gasteiger partial charge in [0.2, 0.25) is 0 Å². The Labute approximate surface area is 124 Å². The molecule has 1 atom stereocenters. The van der Waals surface area contributed by atoms with E-state index >= 15 is 0 Å². The number of aliphatic hydroxyl groups excluding tert-OH is 1. The van der Waals surface area contributed by atoms with Gasteiger partial charge in [0.25, 0.3) is 5.91 Å². The van der Waals surface area contributed by atoms with E-state index in [-0.39, 0.29) is 12.0 Å². The zero-order valence-corrected chi connectivity index (χ0v) is 12.5. The van der Waals surface area contributed by atoms with E-state index in [1.54, 1.807) is 24.3 Å². The van der Waals surface area contributed by atoms with Crippen molar-refractivity contribution in [3.63, 3.8) is 0 Å². The average molecular weight is 297 g/mol. The maximum absolute atomic E-state index is 12.3. The van der Waals surface area contributed by atoms with Crippen LogP contribution in [0.3, 0.4) is 0 Å². The first-order chi connectivity index (χ1) is 9.60. The van der Waals surface area contributed by atoms with Gasteiger partial charge in [-0.3, -0.25) is 9.69 Å². The van der Waals surface area contributed by atoms with Crippen LogP contribution in [0, 0.1) is 0 Å². The third-order valence-electron chi connectivity index (χ3n) is 3.67. The third kappa shape index (κ3) is 3.95. The van der Waals surface area contributed by atoms with Crippen LogP contribution < -0.4 is 0 Å². The molecule has 1 saturated heterocycles. The molecule has 110 valence electrons. The lowest BCUT2D eigenvalue weighted by molar-refractivity contribution is 0.0524. The highest BCUT2D eigenvalue weighted by atomic mass is 35.5. The van der Waals surface area contributed by atoms with Crippen molar-refractivity contribution in [1.29, 1.82) is 0 Å². The van der Waals surface area contributed by atoms with Crippen LogP contribution in [-0.4, -0.2) is 59.6 Å². The smallest absolute Gasteiger partial charge is 0.253 e. The molecular formula is C15H21ClN2O2. The molecule has 1 fully saturated rings. The van der Waals surface area contributed by atoms with Crippen molar-refractivity contribution in [3.05, 3.63) is 34.9 Å². The summed E-state index contributed by atoms with van der Waals surface area (Å²) in [6.07, 6.45) is 0.493. The van der Waals surface area contributed by atoms with E-state index in [0.717, 1.165) is 19.5 Å². The van der Waals surface area contributed by atoms with Crippen molar-refractivity contribution in [1.82, 2.24) is 9.80 Å². The van der Waals surface area contributed by atoms with E-state index in [4.69, 9.17) is 11.6 Å². The molecule has 0 unspecified atom stereocenters. The molecule has 1 aromatic carbocycles. The maximum atomic E-state index is 12.3. The van der Waals surface area contributed by atoms with Crippen molar-refractivity contribution in [3.8, 4) is 0 Å². The minimum Gasteiger partial charge on any atom is -0.392 e. The number of hydrogen-bond donors (Lipinski definition) is 1. The fourth-order valence-corrected chi connectivity index (χ4v) is 2.56. The predicted molar refractivity (Wildman–Crippen MR) is 80.1 cm³/mol. The molecule has 0 bridgehead atoms. The molecule has 1 amide bonds. The van der Waals surface area contributed by atoms with Gasteiger partial charge in [-0.2, -0.15) is 0 Å². The van der Waals surface area contributed by atoms with Gasteiger partial charge in [-0.15, -0.1) is 0 Å². The van der Waals surface area contributed by atoms with Crippen LogP contribution >= 0.6 is 11.6 Å². The zero-order valence-electron chi connectivity index (χ0n) is 11.8. The van der Waals surface area contributed by atoms with Crippen molar-refractivity contribution in [2.24, 2.45) is 0 Å². The second-order valence-electron chi connectivity index (χ2n) is 5.17. The number of nitrogens with zero attached hydrogens (tertiary/aromatic N) is 2. The summed E-state index contributed by atoms with van der Waals surface area (Å²) in [5, 5.41) is 10.2. The fraction of sp³-hybridized carbons (Fsp3) is 0.533. The van der Waals surface area contributed by atoms with Crippen LogP contribution in [0.4, 0.5) is 0 Å². The lowest BCUT2D eigenvalue weighted by Gasteiger charge is -2.35. The van der Waals surface area contributed by atoms with Gasteiger partial charge in [0.05, 0.1) is 6.10 Å². The predicted octanol–water partition coefficient (Wildman–Crippen LogP) is 1.87. The van der Waals surface area contributed by atoms with E-state index < -0.39 is 0 Å². The Morgan fingerprint density at radius 2 is 2.05 bits per heavy atom. The summed E-state index contributed by atoms with van der Waals surface area (Å²) in [6, 6.07) is 7.06. The summed E-state index contributed by atoms with van der Waals surface area (Å²) in [7, 11) is 0. The summed E-state index contributed by atoms with van der Waals surface area (Å²) in [5.74, 6) is 0.0307. The minimum absolute atomic E-state index is 0.0307. The molecule has 20 heavy (non-hydrogen) atoms. The van der Waals surface area contributed by atoms with Crippen molar-refractivity contribution in [2.75, 3.05) is 32.7 Å². The van der Waals surface area contributed by atoms with Crippen molar-refractivity contribution >= 4 is 17.5 Å². The molecule has 0 aliphatic carbocycles. The van der Waals surface area contributed by atoms with Crippen LogP contribution in [-0.2, 0) is 0 Å². The Balaban J connectivity index is 1.89. The standard InChI is InChI=1S/C15H21ClN2O2/c1-2-14(19)11-17-6-8-18(9-7-17)15(20)12-4-3-5-13(16)10-12/h3-5,10,14,19H,2,6-9,11H2,1H3/t14-/m0/s1. The molecule has 5 heteroatoms. The number of piperazine rings is 1. The number of rotatable bonds is 4. The topological polar surface area (TPSA) is 43.8 Å². The van der Waals surface area contributed by atoms with Crippen LogP contribution in [0.25, 0.3) is 0 Å².